The first-order valence-corrected chi connectivity index (χ1v) is 9.65. The Morgan fingerprint density at radius 3 is 2.79 bits per heavy atom. The molecule has 6 nitrogen and oxygen atoms in total. The maximum atomic E-state index is 4.65. The first-order chi connectivity index (χ1) is 14.3. The lowest BCUT2D eigenvalue weighted by atomic mass is 10.2. The van der Waals surface area contributed by atoms with Gasteiger partial charge in [-0.25, -0.2) is 4.98 Å². The predicted molar refractivity (Wildman–Crippen MR) is 128 cm³/mol. The Bertz CT molecular complexity index is 686. The molecule has 0 atom stereocenters. The van der Waals surface area contributed by atoms with E-state index >= 15 is 0 Å². The minimum absolute atomic E-state index is 0.681. The van der Waals surface area contributed by atoms with Crippen molar-refractivity contribution in [2.24, 2.45) is 9.98 Å². The summed E-state index contributed by atoms with van der Waals surface area (Å²) in [5.41, 5.74) is 1.08. The Kier molecular flexibility index (Phi) is 17.4. The highest BCUT2D eigenvalue weighted by molar-refractivity contribution is 5.92. The van der Waals surface area contributed by atoms with E-state index in [1.807, 2.05) is 43.4 Å². The molecule has 0 aliphatic rings. The molecule has 1 rings (SSSR count). The van der Waals surface area contributed by atoms with E-state index in [-0.39, 0.29) is 0 Å². The van der Waals surface area contributed by atoms with Crippen molar-refractivity contribution in [2.45, 2.75) is 26.2 Å². The van der Waals surface area contributed by atoms with Gasteiger partial charge in [-0.3, -0.25) is 15.3 Å². The fraction of sp³-hybridized carbons (Fsp3) is 0.348. The maximum Gasteiger partial charge on any atom is 0.126 e. The summed E-state index contributed by atoms with van der Waals surface area (Å²) in [5.74, 6) is 1.80. The van der Waals surface area contributed by atoms with Gasteiger partial charge in [-0.2, -0.15) is 0 Å². The van der Waals surface area contributed by atoms with Crippen LogP contribution in [0.5, 0.6) is 0 Å². The summed E-state index contributed by atoms with van der Waals surface area (Å²) >= 11 is 0. The van der Waals surface area contributed by atoms with Crippen LogP contribution in [0.2, 0.25) is 0 Å². The number of hydrogen-bond acceptors (Lipinski definition) is 5. The van der Waals surface area contributed by atoms with Crippen LogP contribution in [0, 0.1) is 12.8 Å². The molecule has 0 aromatic carbocycles. The minimum atomic E-state index is 0.681. The molecule has 1 heterocycles. The molecule has 0 radical (unpaired) electrons. The van der Waals surface area contributed by atoms with Crippen molar-refractivity contribution in [2.75, 3.05) is 32.1 Å². The fourth-order valence-corrected chi connectivity index (χ4v) is 2.27. The number of nitrogens with zero attached hydrogens (tertiary/aromatic N) is 3. The zero-order valence-electron chi connectivity index (χ0n) is 17.6. The second-order valence-corrected chi connectivity index (χ2v) is 5.75. The Morgan fingerprint density at radius 2 is 2.07 bits per heavy atom. The number of aliphatic imine (C=N–C) groups is 2. The van der Waals surface area contributed by atoms with E-state index < -0.39 is 0 Å². The molecule has 1 aromatic rings. The van der Waals surface area contributed by atoms with Crippen LogP contribution in [0.15, 0.2) is 64.8 Å². The first kappa shape index (κ1) is 25.8. The summed E-state index contributed by atoms with van der Waals surface area (Å²) in [6.07, 6.45) is 22.5. The highest BCUT2D eigenvalue weighted by Crippen LogP contribution is 2.06. The van der Waals surface area contributed by atoms with Gasteiger partial charge in [0.15, 0.2) is 0 Å². The number of nitrogens with one attached hydrogen (secondary N) is 3. The summed E-state index contributed by atoms with van der Waals surface area (Å²) in [5, 5.41) is 9.95. The van der Waals surface area contributed by atoms with Gasteiger partial charge < -0.3 is 10.6 Å². The summed E-state index contributed by atoms with van der Waals surface area (Å²) in [6, 6.07) is 6.11. The molecule has 3 N–H and O–H groups in total. The van der Waals surface area contributed by atoms with Gasteiger partial charge in [0.25, 0.3) is 0 Å². The number of unbranched alkanes of at least 4 members (excludes halogenated alkanes) is 1. The number of amidine groups is 1. The SMILES string of the molecule is C#C.C=N/C=C\C=C/CCCNc1cccc(CCNCNC(/C=C\C)=NC)n1. The van der Waals surface area contributed by atoms with Crippen LogP contribution in [-0.2, 0) is 6.42 Å². The van der Waals surface area contributed by atoms with E-state index in [0.29, 0.717) is 6.67 Å². The van der Waals surface area contributed by atoms with Crippen molar-refractivity contribution in [3.8, 4) is 12.8 Å². The van der Waals surface area contributed by atoms with Gasteiger partial charge in [-0.05, 0) is 50.8 Å². The highest BCUT2D eigenvalue weighted by Gasteiger charge is 1.98. The van der Waals surface area contributed by atoms with Crippen molar-refractivity contribution >= 4 is 18.4 Å². The van der Waals surface area contributed by atoms with Crippen molar-refractivity contribution in [3.05, 3.63) is 60.5 Å². The smallest absolute Gasteiger partial charge is 0.126 e. The van der Waals surface area contributed by atoms with Crippen molar-refractivity contribution in [1.82, 2.24) is 15.6 Å². The standard InChI is InChI=1S/C21H32N6.C2H2/c1-4-11-20(23-3)26-18-24-17-14-19-12-10-13-21(27-19)25-16-9-7-5-6-8-15-22-2;1-2/h4-6,8,10-13,15,24H,2,7,9,14,16-18H2,1,3H3,(H,23,26)(H,25,27);1-2H/b6-5-,11-4-,15-8-;. The molecule has 0 amide bonds. The molecule has 6 heteroatoms. The van der Waals surface area contributed by atoms with Gasteiger partial charge in [-0.1, -0.05) is 24.3 Å². The summed E-state index contributed by atoms with van der Waals surface area (Å²) in [6.45, 7) is 7.80. The van der Waals surface area contributed by atoms with Crippen molar-refractivity contribution in [3.63, 3.8) is 0 Å². The molecule has 1 aromatic heterocycles. The topological polar surface area (TPSA) is 73.7 Å². The molecule has 0 aliphatic carbocycles. The maximum absolute atomic E-state index is 4.65. The lowest BCUT2D eigenvalue weighted by Crippen LogP contribution is -2.34. The molecule has 0 fully saturated rings. The summed E-state index contributed by atoms with van der Waals surface area (Å²) in [4.78, 5) is 12.5. The van der Waals surface area contributed by atoms with Gasteiger partial charge in [0, 0.05) is 38.5 Å². The number of terminal acetylenes is 1. The molecule has 0 saturated carbocycles. The largest absolute Gasteiger partial charge is 0.370 e. The zero-order valence-corrected chi connectivity index (χ0v) is 17.6. The predicted octanol–water partition coefficient (Wildman–Crippen LogP) is 3.58. The van der Waals surface area contributed by atoms with Gasteiger partial charge in [0.2, 0.25) is 0 Å². The van der Waals surface area contributed by atoms with Crippen LogP contribution >= 0.6 is 0 Å². The van der Waals surface area contributed by atoms with Crippen LogP contribution in [0.25, 0.3) is 0 Å². The zero-order chi connectivity index (χ0) is 21.6. The molecule has 156 valence electrons. The average Bonchev–Trinajstić information content (AvgIpc) is 2.76. The number of aromatic nitrogens is 1. The molecular weight excluding hydrogens is 360 g/mol. The molecule has 0 aliphatic heterocycles. The third-order valence-electron chi connectivity index (χ3n) is 3.62. The van der Waals surface area contributed by atoms with E-state index in [1.54, 1.807) is 13.2 Å². The van der Waals surface area contributed by atoms with Gasteiger partial charge in [-0.15, -0.1) is 12.8 Å². The number of hydrogen-bond donors (Lipinski definition) is 3. The fourth-order valence-electron chi connectivity index (χ4n) is 2.27. The van der Waals surface area contributed by atoms with Crippen LogP contribution < -0.4 is 16.0 Å². The monoisotopic (exact) mass is 394 g/mol. The van der Waals surface area contributed by atoms with Crippen LogP contribution in [0.1, 0.15) is 25.5 Å². The third-order valence-corrected chi connectivity index (χ3v) is 3.62. The second kappa shape index (κ2) is 19.6. The summed E-state index contributed by atoms with van der Waals surface area (Å²) < 4.78 is 0. The Balaban J connectivity index is 0.00000379. The number of allylic oxidation sites excluding steroid dienone is 4. The van der Waals surface area contributed by atoms with E-state index in [1.165, 1.54) is 0 Å². The van der Waals surface area contributed by atoms with Gasteiger partial charge >= 0.3 is 0 Å². The normalized spacial score (nSPS) is 11.5. The molecule has 29 heavy (non-hydrogen) atoms. The number of rotatable bonds is 13. The number of anilines is 1. The Morgan fingerprint density at radius 1 is 1.24 bits per heavy atom. The summed E-state index contributed by atoms with van der Waals surface area (Å²) in [7, 11) is 1.78. The molecular formula is C23H34N6. The Labute approximate surface area is 176 Å². The second-order valence-electron chi connectivity index (χ2n) is 5.75. The van der Waals surface area contributed by atoms with E-state index in [4.69, 9.17) is 0 Å². The quantitative estimate of drug-likeness (QED) is 0.119. The van der Waals surface area contributed by atoms with Gasteiger partial charge in [0.1, 0.15) is 11.7 Å². The molecule has 0 bridgehead atoms. The molecule has 0 saturated heterocycles. The molecule has 0 unspecified atom stereocenters. The van der Waals surface area contributed by atoms with E-state index in [9.17, 15) is 0 Å². The lowest BCUT2D eigenvalue weighted by molar-refractivity contribution is 0.658. The molecule has 0 spiro atoms. The number of pyridine rings is 1. The van der Waals surface area contributed by atoms with Crippen molar-refractivity contribution in [1.29, 1.82) is 0 Å². The van der Waals surface area contributed by atoms with Crippen LogP contribution in [0.3, 0.4) is 0 Å². The Hall–Kier alpha value is -3.17. The minimum Gasteiger partial charge on any atom is -0.370 e. The average molecular weight is 395 g/mol. The highest BCUT2D eigenvalue weighted by atomic mass is 15.1. The first-order valence-electron chi connectivity index (χ1n) is 9.65. The lowest BCUT2D eigenvalue weighted by Gasteiger charge is -2.09. The van der Waals surface area contributed by atoms with Crippen LogP contribution in [0.4, 0.5) is 5.82 Å². The van der Waals surface area contributed by atoms with E-state index in [0.717, 1.165) is 49.7 Å². The van der Waals surface area contributed by atoms with Crippen molar-refractivity contribution < 1.29 is 0 Å². The third kappa shape index (κ3) is 14.5. The van der Waals surface area contributed by atoms with E-state index in [2.05, 4.69) is 62.6 Å². The van der Waals surface area contributed by atoms with Gasteiger partial charge in [0.05, 0.1) is 6.67 Å². The van der Waals surface area contributed by atoms with Crippen LogP contribution in [-0.4, -0.2) is 44.3 Å².